The standard InChI is InChI=1S/C36H34O17/c37-11-25-29(46)30(47)31(48)35(49-25)51-34-28-26-21(44)7-14(38)8-23(26)52-36(34,13-2-4-17(40)20(43)6-13)53-24-10-18(41)15-9-22(45)32(50-33(15)27(24)28)12-1-3-16(39)19(42)5-12/h1-8,10,22,25,28-32,34-35,37-48H,9,11H2/t22-,25-,28?,29+,30+,31-,32-,34+,35+,36-/m1/s1. The molecule has 0 spiro atoms. The highest BCUT2D eigenvalue weighted by atomic mass is 16.8. The molecule has 17 heteroatoms. The fourth-order valence-electron chi connectivity index (χ4n) is 7.56. The zero-order chi connectivity index (χ0) is 37.7. The molecule has 10 atom stereocenters. The number of phenols is 7. The molecular weight excluding hydrogens is 704 g/mol. The molecule has 0 amide bonds. The maximum absolute atomic E-state index is 11.5. The van der Waals surface area contributed by atoms with E-state index in [4.69, 9.17) is 23.7 Å². The third kappa shape index (κ3) is 5.27. The lowest BCUT2D eigenvalue weighted by atomic mass is 9.74. The summed E-state index contributed by atoms with van der Waals surface area (Å²) in [6.07, 6.45) is -13.2. The summed E-state index contributed by atoms with van der Waals surface area (Å²) in [7, 11) is 0. The van der Waals surface area contributed by atoms with Crippen molar-refractivity contribution in [1.82, 2.24) is 0 Å². The van der Waals surface area contributed by atoms with Crippen molar-refractivity contribution in [1.29, 1.82) is 0 Å². The van der Waals surface area contributed by atoms with Crippen LogP contribution in [0.4, 0.5) is 0 Å². The molecule has 12 N–H and O–H groups in total. The molecule has 4 aromatic carbocycles. The Balaban J connectivity index is 1.38. The van der Waals surface area contributed by atoms with Crippen LogP contribution in [-0.2, 0) is 21.7 Å². The minimum atomic E-state index is -2.30. The van der Waals surface area contributed by atoms with E-state index >= 15 is 0 Å². The molecular formula is C36H34O17. The second-order valence-electron chi connectivity index (χ2n) is 13.4. The third-order valence-corrected chi connectivity index (χ3v) is 10.1. The average molecular weight is 739 g/mol. The van der Waals surface area contributed by atoms with Gasteiger partial charge in [0.15, 0.2) is 35.4 Å². The van der Waals surface area contributed by atoms with Crippen molar-refractivity contribution in [2.75, 3.05) is 6.61 Å². The van der Waals surface area contributed by atoms with Crippen LogP contribution in [0.15, 0.2) is 54.6 Å². The zero-order valence-corrected chi connectivity index (χ0v) is 27.2. The molecule has 0 saturated carbocycles. The summed E-state index contributed by atoms with van der Waals surface area (Å²) in [4.78, 5) is 0. The monoisotopic (exact) mass is 738 g/mol. The van der Waals surface area contributed by atoms with Gasteiger partial charge in [-0.2, -0.15) is 0 Å². The van der Waals surface area contributed by atoms with Gasteiger partial charge in [0.25, 0.3) is 0 Å². The van der Waals surface area contributed by atoms with Gasteiger partial charge in [0.05, 0.1) is 18.6 Å². The number of phenolic OH excluding ortho intramolecular Hbond substituents is 7. The van der Waals surface area contributed by atoms with Gasteiger partial charge < -0.3 is 85.0 Å². The van der Waals surface area contributed by atoms with Crippen LogP contribution in [0.3, 0.4) is 0 Å². The smallest absolute Gasteiger partial charge is 0.305 e. The Morgan fingerprint density at radius 3 is 2.04 bits per heavy atom. The summed E-state index contributed by atoms with van der Waals surface area (Å²) >= 11 is 0. The molecule has 0 aliphatic carbocycles. The first-order valence-electron chi connectivity index (χ1n) is 16.4. The van der Waals surface area contributed by atoms with Crippen LogP contribution in [0.2, 0.25) is 0 Å². The van der Waals surface area contributed by atoms with Gasteiger partial charge in [0.2, 0.25) is 0 Å². The molecule has 0 radical (unpaired) electrons. The molecule has 1 unspecified atom stereocenters. The summed E-state index contributed by atoms with van der Waals surface area (Å²) in [5.41, 5.74) is 0.318. The maximum atomic E-state index is 11.5. The third-order valence-electron chi connectivity index (χ3n) is 10.1. The lowest BCUT2D eigenvalue weighted by molar-refractivity contribution is -0.345. The van der Waals surface area contributed by atoms with Crippen LogP contribution in [0.1, 0.15) is 39.8 Å². The number of ether oxygens (including phenoxy) is 5. The van der Waals surface area contributed by atoms with Gasteiger partial charge in [-0.05, 0) is 35.9 Å². The molecule has 280 valence electrons. The summed E-state index contributed by atoms with van der Waals surface area (Å²) in [5.74, 6) is -7.45. The Morgan fingerprint density at radius 1 is 0.679 bits per heavy atom. The Labute approximate surface area is 298 Å². The number of hydrogen-bond donors (Lipinski definition) is 12. The summed E-state index contributed by atoms with van der Waals surface area (Å²) in [6.45, 7) is -0.800. The molecule has 17 nitrogen and oxygen atoms in total. The molecule has 4 aliphatic heterocycles. The molecule has 53 heavy (non-hydrogen) atoms. The highest BCUT2D eigenvalue weighted by molar-refractivity contribution is 5.68. The predicted molar refractivity (Wildman–Crippen MR) is 174 cm³/mol. The van der Waals surface area contributed by atoms with Gasteiger partial charge in [0, 0.05) is 46.9 Å². The number of rotatable bonds is 5. The normalized spacial score (nSPS) is 31.2. The Kier molecular flexibility index (Phi) is 8.08. The lowest BCUT2D eigenvalue weighted by Gasteiger charge is -2.53. The molecule has 4 aliphatic rings. The first-order chi connectivity index (χ1) is 25.2. The second-order valence-corrected chi connectivity index (χ2v) is 13.4. The summed E-state index contributed by atoms with van der Waals surface area (Å²) in [5, 5.41) is 128. The van der Waals surface area contributed by atoms with Crippen LogP contribution >= 0.6 is 0 Å². The Morgan fingerprint density at radius 2 is 1.36 bits per heavy atom. The van der Waals surface area contributed by atoms with E-state index < -0.39 is 108 Å². The van der Waals surface area contributed by atoms with Crippen molar-refractivity contribution < 1.29 is 85.0 Å². The summed E-state index contributed by atoms with van der Waals surface area (Å²) in [6, 6.07) is 10.7. The largest absolute Gasteiger partial charge is 0.508 e. The van der Waals surface area contributed by atoms with Crippen LogP contribution in [0.5, 0.6) is 57.5 Å². The van der Waals surface area contributed by atoms with E-state index in [0.29, 0.717) is 0 Å². The molecule has 1 saturated heterocycles. The lowest BCUT2D eigenvalue weighted by Crippen LogP contribution is -2.64. The van der Waals surface area contributed by atoms with Gasteiger partial charge in [-0.3, -0.25) is 0 Å². The van der Waals surface area contributed by atoms with E-state index in [0.717, 1.165) is 24.3 Å². The van der Waals surface area contributed by atoms with Gasteiger partial charge in [-0.15, -0.1) is 0 Å². The average Bonchev–Trinajstić information content (AvgIpc) is 3.11. The van der Waals surface area contributed by atoms with E-state index in [1.54, 1.807) is 0 Å². The number of aliphatic hydroxyl groups is 5. The molecule has 0 aromatic heterocycles. The Hall–Kier alpha value is -5.40. The van der Waals surface area contributed by atoms with E-state index in [9.17, 15) is 61.3 Å². The van der Waals surface area contributed by atoms with E-state index in [1.165, 1.54) is 30.3 Å². The van der Waals surface area contributed by atoms with Gasteiger partial charge >= 0.3 is 5.79 Å². The van der Waals surface area contributed by atoms with Crippen molar-refractivity contribution in [3.63, 3.8) is 0 Å². The molecule has 2 bridgehead atoms. The maximum Gasteiger partial charge on any atom is 0.305 e. The van der Waals surface area contributed by atoms with Gasteiger partial charge in [-0.25, -0.2) is 0 Å². The highest BCUT2D eigenvalue weighted by Crippen LogP contribution is 2.63. The first-order valence-corrected chi connectivity index (χ1v) is 16.4. The molecule has 4 heterocycles. The van der Waals surface area contributed by atoms with Crippen LogP contribution in [-0.4, -0.2) is 111 Å². The molecule has 4 aromatic rings. The van der Waals surface area contributed by atoms with Crippen molar-refractivity contribution in [2.24, 2.45) is 0 Å². The van der Waals surface area contributed by atoms with Crippen LogP contribution < -0.4 is 14.2 Å². The van der Waals surface area contributed by atoms with Crippen molar-refractivity contribution >= 4 is 0 Å². The molecule has 1 fully saturated rings. The van der Waals surface area contributed by atoms with E-state index in [1.807, 2.05) is 0 Å². The zero-order valence-electron chi connectivity index (χ0n) is 27.2. The number of benzene rings is 4. The van der Waals surface area contributed by atoms with E-state index in [2.05, 4.69) is 0 Å². The number of fused-ring (bicyclic) bond motifs is 8. The Bertz CT molecular complexity index is 2100. The fraction of sp³-hybridized carbons (Fsp3) is 0.333. The van der Waals surface area contributed by atoms with Crippen molar-refractivity contribution in [3.8, 4) is 57.5 Å². The SMILES string of the molecule is OC[C@H]1O[C@@H](O[C@H]2C3c4c(O)cc(O)cc4O[C@]2(c2ccc(O)c(O)c2)Oc2cc(O)c4c(c23)O[C@H](c2ccc(O)c(O)c2)[C@H](O)C4)[C@H](O)[C@@H](O)[C@H]1O. The number of aliphatic hydroxyl groups excluding tert-OH is 5. The minimum absolute atomic E-state index is 0.0398. The highest BCUT2D eigenvalue weighted by Gasteiger charge is 2.63. The topological polar surface area (TPSA) is 289 Å². The second kappa shape index (κ2) is 12.3. The van der Waals surface area contributed by atoms with Crippen LogP contribution in [0.25, 0.3) is 0 Å². The quantitative estimate of drug-likeness (QED) is 0.125. The summed E-state index contributed by atoms with van der Waals surface area (Å²) < 4.78 is 31.5. The first kappa shape index (κ1) is 34.7. The number of hydrogen-bond acceptors (Lipinski definition) is 17. The van der Waals surface area contributed by atoms with Crippen LogP contribution in [0, 0.1) is 0 Å². The number of aromatic hydroxyl groups is 7. The van der Waals surface area contributed by atoms with Gasteiger partial charge in [-0.1, -0.05) is 6.07 Å². The van der Waals surface area contributed by atoms with Gasteiger partial charge in [0.1, 0.15) is 65.0 Å². The minimum Gasteiger partial charge on any atom is -0.508 e. The van der Waals surface area contributed by atoms with Crippen molar-refractivity contribution in [3.05, 3.63) is 82.4 Å². The molecule has 8 rings (SSSR count). The van der Waals surface area contributed by atoms with Crippen molar-refractivity contribution in [2.45, 2.75) is 67.1 Å². The fourth-order valence-corrected chi connectivity index (χ4v) is 7.56. The van der Waals surface area contributed by atoms with E-state index in [-0.39, 0.29) is 51.5 Å². The predicted octanol–water partition coefficient (Wildman–Crippen LogP) is 0.618.